The van der Waals surface area contributed by atoms with E-state index in [1.165, 1.54) is 0 Å². The molecule has 6 heteroatoms. The molecule has 0 aromatic heterocycles. The molecule has 0 aliphatic carbocycles. The second-order valence-corrected chi connectivity index (χ2v) is 2.07. The molecule has 15 heavy (non-hydrogen) atoms. The monoisotopic (exact) mass is 214 g/mol. The van der Waals surface area contributed by atoms with Gasteiger partial charge in [-0.1, -0.05) is 6.58 Å². The van der Waals surface area contributed by atoms with Crippen LogP contribution in [0.3, 0.4) is 0 Å². The normalized spacial score (nSPS) is 9.33. The minimum Gasteiger partial charge on any atom is -0.459 e. The number of rotatable bonds is 7. The Morgan fingerprint density at radius 2 is 1.73 bits per heavy atom. The second kappa shape index (κ2) is 8.49. The predicted octanol–water partition coefficient (Wildman–Crippen LogP) is -0.0545. The first-order chi connectivity index (χ1) is 7.20. The molecule has 0 aromatic carbocycles. The van der Waals surface area contributed by atoms with Crippen LogP contribution in [0.15, 0.2) is 25.0 Å². The third-order valence-electron chi connectivity index (χ3n) is 1.08. The third-order valence-corrected chi connectivity index (χ3v) is 1.08. The van der Waals surface area contributed by atoms with Crippen LogP contribution in [0.4, 0.5) is 0 Å². The van der Waals surface area contributed by atoms with E-state index in [2.05, 4.69) is 20.8 Å². The van der Waals surface area contributed by atoms with Gasteiger partial charge in [-0.25, -0.2) is 9.59 Å². The van der Waals surface area contributed by atoms with Crippen LogP contribution >= 0.6 is 0 Å². The molecule has 82 valence electrons. The molecule has 0 radical (unpaired) electrons. The Morgan fingerprint density at radius 3 is 2.27 bits per heavy atom. The van der Waals surface area contributed by atoms with E-state index in [4.69, 9.17) is 0 Å². The average Bonchev–Trinajstić information content (AvgIpc) is 2.24. The van der Waals surface area contributed by atoms with Crippen molar-refractivity contribution in [2.45, 2.75) is 0 Å². The second-order valence-electron chi connectivity index (χ2n) is 2.07. The van der Waals surface area contributed by atoms with Crippen molar-refractivity contribution in [3.05, 3.63) is 25.0 Å². The predicted molar refractivity (Wildman–Crippen MR) is 48.4 cm³/mol. The maximum absolute atomic E-state index is 10.8. The Labute approximate surface area is 86.1 Å². The van der Waals surface area contributed by atoms with Gasteiger partial charge in [0.05, 0.1) is 6.08 Å². The van der Waals surface area contributed by atoms with Gasteiger partial charge in [0.1, 0.15) is 19.5 Å². The molecule has 6 nitrogen and oxygen atoms in total. The zero-order valence-electron chi connectivity index (χ0n) is 7.88. The molecular weight excluding hydrogens is 204 g/mol. The van der Waals surface area contributed by atoms with Crippen LogP contribution in [0.25, 0.3) is 0 Å². The molecular formula is C9H10O6. The minimum atomic E-state index is -0.702. The molecule has 0 saturated heterocycles. The molecule has 0 heterocycles. The Balaban J connectivity index is 3.50. The third kappa shape index (κ3) is 8.23. The Kier molecular flexibility index (Phi) is 7.29. The molecule has 0 fully saturated rings. The summed E-state index contributed by atoms with van der Waals surface area (Å²) in [4.78, 5) is 30.9. The van der Waals surface area contributed by atoms with Crippen molar-refractivity contribution in [1.29, 1.82) is 0 Å². The maximum atomic E-state index is 10.8. The van der Waals surface area contributed by atoms with Crippen molar-refractivity contribution in [3.8, 4) is 0 Å². The van der Waals surface area contributed by atoms with E-state index in [0.29, 0.717) is 0 Å². The smallest absolute Gasteiger partial charge is 0.334 e. The zero-order chi connectivity index (χ0) is 11.5. The summed E-state index contributed by atoms with van der Waals surface area (Å²) in [5, 5.41) is 0. The lowest BCUT2D eigenvalue weighted by Crippen LogP contribution is -2.11. The van der Waals surface area contributed by atoms with Crippen LogP contribution < -0.4 is 0 Å². The number of hydrogen-bond donors (Lipinski definition) is 0. The van der Waals surface area contributed by atoms with Gasteiger partial charge in [-0.05, 0) is 0 Å². The van der Waals surface area contributed by atoms with E-state index < -0.39 is 11.9 Å². The number of hydrogen-bond acceptors (Lipinski definition) is 6. The van der Waals surface area contributed by atoms with Gasteiger partial charge in [-0.3, -0.25) is 4.79 Å². The van der Waals surface area contributed by atoms with Crippen LogP contribution in [0, 0.1) is 0 Å². The molecule has 0 atom stereocenters. The van der Waals surface area contributed by atoms with E-state index in [1.807, 2.05) is 0 Å². The van der Waals surface area contributed by atoms with Crippen molar-refractivity contribution in [2.24, 2.45) is 0 Å². The molecule has 0 unspecified atom stereocenters. The summed E-state index contributed by atoms with van der Waals surface area (Å²) in [6, 6.07) is 0. The van der Waals surface area contributed by atoms with Gasteiger partial charge in [0.25, 0.3) is 6.47 Å². The molecule has 0 rings (SSSR count). The number of esters is 2. The Hall–Kier alpha value is -2.11. The molecule has 0 bridgehead atoms. The molecule has 0 aromatic rings. The molecule has 0 saturated carbocycles. The lowest BCUT2D eigenvalue weighted by atomic mass is 10.6. The molecule has 0 aliphatic rings. The quantitative estimate of drug-likeness (QED) is 0.147. The van der Waals surface area contributed by atoms with Gasteiger partial charge in [-0.2, -0.15) is 0 Å². The zero-order valence-corrected chi connectivity index (χ0v) is 7.88. The highest BCUT2D eigenvalue weighted by Crippen LogP contribution is 1.85. The fourth-order valence-corrected chi connectivity index (χ4v) is 0.518. The van der Waals surface area contributed by atoms with Crippen molar-refractivity contribution >= 4 is 18.4 Å². The Bertz CT molecular complexity index is 268. The largest absolute Gasteiger partial charge is 0.459 e. The van der Waals surface area contributed by atoms with Crippen molar-refractivity contribution in [2.75, 3.05) is 13.2 Å². The molecule has 0 amide bonds. The number of ether oxygens (including phenoxy) is 3. The lowest BCUT2D eigenvalue weighted by molar-refractivity contribution is -0.146. The summed E-state index contributed by atoms with van der Waals surface area (Å²) in [5.41, 5.74) is 0. The molecule has 0 N–H and O–H groups in total. The van der Waals surface area contributed by atoms with Gasteiger partial charge < -0.3 is 14.2 Å². The van der Waals surface area contributed by atoms with Crippen LogP contribution in [0.2, 0.25) is 0 Å². The van der Waals surface area contributed by atoms with E-state index in [9.17, 15) is 14.4 Å². The maximum Gasteiger partial charge on any atom is 0.334 e. The summed E-state index contributed by atoms with van der Waals surface area (Å²) in [7, 11) is 0. The van der Waals surface area contributed by atoms with E-state index in [-0.39, 0.29) is 19.7 Å². The lowest BCUT2D eigenvalue weighted by Gasteiger charge is -2.01. The van der Waals surface area contributed by atoms with Crippen LogP contribution in [0.1, 0.15) is 0 Å². The van der Waals surface area contributed by atoms with Gasteiger partial charge in [-0.15, -0.1) is 0 Å². The highest BCUT2D eigenvalue weighted by molar-refractivity contribution is 5.82. The summed E-state index contributed by atoms with van der Waals surface area (Å²) >= 11 is 0. The fourth-order valence-electron chi connectivity index (χ4n) is 0.518. The summed E-state index contributed by atoms with van der Waals surface area (Å²) in [6.07, 6.45) is 2.80. The van der Waals surface area contributed by atoms with Gasteiger partial charge >= 0.3 is 11.9 Å². The minimum absolute atomic E-state index is 0.0566. The van der Waals surface area contributed by atoms with Gasteiger partial charge in [0.2, 0.25) is 0 Å². The van der Waals surface area contributed by atoms with Crippen LogP contribution in [0.5, 0.6) is 0 Å². The van der Waals surface area contributed by atoms with Gasteiger partial charge in [0.15, 0.2) is 0 Å². The molecule has 0 aliphatic heterocycles. The standard InChI is InChI=1S/C9H10O6/c1-2-8(11)14-5-6-15-9(12)3-4-13-7-10/h2-4,7H,1,5-6H2/b4-3-. The Morgan fingerprint density at radius 1 is 1.13 bits per heavy atom. The van der Waals surface area contributed by atoms with Gasteiger partial charge in [0, 0.05) is 6.08 Å². The van der Waals surface area contributed by atoms with Crippen molar-refractivity contribution < 1.29 is 28.6 Å². The van der Waals surface area contributed by atoms with E-state index in [0.717, 1.165) is 18.4 Å². The first-order valence-corrected chi connectivity index (χ1v) is 3.92. The highest BCUT2D eigenvalue weighted by atomic mass is 16.6. The summed E-state index contributed by atoms with van der Waals surface area (Å²) < 4.78 is 13.2. The van der Waals surface area contributed by atoms with E-state index in [1.54, 1.807) is 0 Å². The molecule has 0 spiro atoms. The fraction of sp³-hybridized carbons (Fsp3) is 0.222. The average molecular weight is 214 g/mol. The summed E-state index contributed by atoms with van der Waals surface area (Å²) in [5.74, 6) is -1.29. The SMILES string of the molecule is C=CC(=O)OCCOC(=O)/C=C\OC=O. The first kappa shape index (κ1) is 12.9. The number of carbonyl (C=O) groups excluding carboxylic acids is 3. The number of carbonyl (C=O) groups is 3. The van der Waals surface area contributed by atoms with E-state index >= 15 is 0 Å². The summed E-state index contributed by atoms with van der Waals surface area (Å²) in [6.45, 7) is 3.21. The first-order valence-electron chi connectivity index (χ1n) is 3.92. The van der Waals surface area contributed by atoms with Crippen molar-refractivity contribution in [3.63, 3.8) is 0 Å². The van der Waals surface area contributed by atoms with Crippen LogP contribution in [-0.4, -0.2) is 31.6 Å². The van der Waals surface area contributed by atoms with Crippen molar-refractivity contribution in [1.82, 2.24) is 0 Å². The topological polar surface area (TPSA) is 78.9 Å². The van der Waals surface area contributed by atoms with Crippen LogP contribution in [-0.2, 0) is 28.6 Å². The highest BCUT2D eigenvalue weighted by Gasteiger charge is 1.98.